The zero-order valence-electron chi connectivity index (χ0n) is 16.7. The number of carboxylic acids is 1. The summed E-state index contributed by atoms with van der Waals surface area (Å²) in [4.78, 5) is 29.0. The van der Waals surface area contributed by atoms with Crippen molar-refractivity contribution in [2.75, 3.05) is 6.54 Å². The van der Waals surface area contributed by atoms with Crippen LogP contribution in [0, 0.1) is 6.92 Å². The summed E-state index contributed by atoms with van der Waals surface area (Å²) < 4.78 is 0. The van der Waals surface area contributed by atoms with Gasteiger partial charge in [0.2, 0.25) is 5.91 Å². The molecule has 0 saturated carbocycles. The normalized spacial score (nSPS) is 18.6. The summed E-state index contributed by atoms with van der Waals surface area (Å²) in [5.74, 6) is -0.581. The van der Waals surface area contributed by atoms with E-state index < -0.39 is 12.1 Å². The van der Waals surface area contributed by atoms with Gasteiger partial charge in [-0.1, -0.05) is 25.0 Å². The molecule has 0 aromatic carbocycles. The summed E-state index contributed by atoms with van der Waals surface area (Å²) >= 11 is 0. The number of pyridine rings is 1. The zero-order chi connectivity index (χ0) is 20.4. The molecule has 6 nitrogen and oxygen atoms in total. The van der Waals surface area contributed by atoms with Crippen molar-refractivity contribution in [1.29, 1.82) is 0 Å². The standard InChI is InChI=1S/C22H32N2O4/c1-17-15-18(12-13-23-17)16-20(25)11-10-19-7-6-8-21(26)24(19)14-5-3-2-4-9-22(27)28/h10-13,15,19-20,25H,2-9,14,16H2,1H3,(H,27,28)/t19-,20?/m1/s1. The lowest BCUT2D eigenvalue weighted by Crippen LogP contribution is -2.43. The summed E-state index contributed by atoms with van der Waals surface area (Å²) in [7, 11) is 0. The number of rotatable bonds is 11. The number of unbranched alkanes of at least 4 members (excludes halogenated alkanes) is 3. The van der Waals surface area contributed by atoms with E-state index in [9.17, 15) is 14.7 Å². The van der Waals surface area contributed by atoms with Crippen molar-refractivity contribution >= 4 is 11.9 Å². The summed E-state index contributed by atoms with van der Waals surface area (Å²) in [6.45, 7) is 2.62. The van der Waals surface area contributed by atoms with E-state index >= 15 is 0 Å². The number of hydrogen-bond acceptors (Lipinski definition) is 4. The molecule has 0 aliphatic carbocycles. The molecule has 2 heterocycles. The second-order valence-corrected chi connectivity index (χ2v) is 7.57. The van der Waals surface area contributed by atoms with Crippen molar-refractivity contribution in [3.8, 4) is 0 Å². The molecular formula is C22H32N2O4. The second kappa shape index (κ2) is 11.6. The molecule has 6 heteroatoms. The first kappa shape index (κ1) is 22.1. The number of carbonyl (C=O) groups excluding carboxylic acids is 1. The number of amides is 1. The van der Waals surface area contributed by atoms with Crippen LogP contribution >= 0.6 is 0 Å². The van der Waals surface area contributed by atoms with E-state index in [1.165, 1.54) is 0 Å². The number of aliphatic hydroxyl groups excluding tert-OH is 1. The minimum atomic E-state index is -0.753. The molecule has 1 aliphatic heterocycles. The van der Waals surface area contributed by atoms with E-state index in [-0.39, 0.29) is 18.4 Å². The molecule has 1 aromatic heterocycles. The first-order valence-electron chi connectivity index (χ1n) is 10.2. The maximum atomic E-state index is 12.3. The number of aliphatic hydroxyl groups is 1. The van der Waals surface area contributed by atoms with Gasteiger partial charge in [0.05, 0.1) is 12.1 Å². The molecule has 1 unspecified atom stereocenters. The topological polar surface area (TPSA) is 90.7 Å². The van der Waals surface area contributed by atoms with E-state index in [2.05, 4.69) is 4.98 Å². The Labute approximate surface area is 167 Å². The fourth-order valence-corrected chi connectivity index (χ4v) is 3.65. The van der Waals surface area contributed by atoms with Crippen LogP contribution in [0.15, 0.2) is 30.5 Å². The average Bonchev–Trinajstić information content (AvgIpc) is 2.64. The zero-order valence-corrected chi connectivity index (χ0v) is 16.7. The third-order valence-corrected chi connectivity index (χ3v) is 5.11. The van der Waals surface area contributed by atoms with Crippen LogP contribution < -0.4 is 0 Å². The van der Waals surface area contributed by atoms with Crippen LogP contribution in [0.3, 0.4) is 0 Å². The monoisotopic (exact) mass is 388 g/mol. The molecule has 154 valence electrons. The van der Waals surface area contributed by atoms with Crippen molar-refractivity contribution in [2.24, 2.45) is 0 Å². The number of aromatic nitrogens is 1. The van der Waals surface area contributed by atoms with Crippen molar-refractivity contribution in [3.63, 3.8) is 0 Å². The fraction of sp³-hybridized carbons (Fsp3) is 0.591. The smallest absolute Gasteiger partial charge is 0.303 e. The lowest BCUT2D eigenvalue weighted by atomic mass is 9.99. The molecule has 1 fully saturated rings. The van der Waals surface area contributed by atoms with E-state index in [0.717, 1.165) is 43.4 Å². The van der Waals surface area contributed by atoms with Crippen LogP contribution in [0.4, 0.5) is 0 Å². The Hall–Kier alpha value is -2.21. The predicted octanol–water partition coefficient (Wildman–Crippen LogP) is 3.27. The van der Waals surface area contributed by atoms with Crippen molar-refractivity contribution in [2.45, 2.75) is 76.9 Å². The van der Waals surface area contributed by atoms with Gasteiger partial charge >= 0.3 is 5.97 Å². The molecular weight excluding hydrogens is 356 g/mol. The number of aryl methyl sites for hydroxylation is 1. The van der Waals surface area contributed by atoms with Crippen molar-refractivity contribution in [1.82, 2.24) is 9.88 Å². The number of carboxylic acid groups (broad SMARTS) is 1. The molecule has 0 radical (unpaired) electrons. The Balaban J connectivity index is 1.82. The molecule has 0 bridgehead atoms. The quantitative estimate of drug-likeness (QED) is 0.448. The molecule has 2 rings (SSSR count). The van der Waals surface area contributed by atoms with Gasteiger partial charge in [0.15, 0.2) is 0 Å². The molecule has 1 amide bonds. The molecule has 1 saturated heterocycles. The number of likely N-dealkylation sites (tertiary alicyclic amines) is 1. The number of aliphatic carboxylic acids is 1. The molecule has 2 atom stereocenters. The minimum absolute atomic E-state index is 0.0362. The van der Waals surface area contributed by atoms with Gasteiger partial charge in [-0.25, -0.2) is 0 Å². The van der Waals surface area contributed by atoms with Gasteiger partial charge in [0, 0.05) is 37.7 Å². The highest BCUT2D eigenvalue weighted by atomic mass is 16.4. The molecule has 1 aliphatic rings. The Kier molecular flexibility index (Phi) is 9.14. The minimum Gasteiger partial charge on any atom is -0.481 e. The van der Waals surface area contributed by atoms with E-state index in [1.54, 1.807) is 12.3 Å². The van der Waals surface area contributed by atoms with Crippen LogP contribution in [0.5, 0.6) is 0 Å². The summed E-state index contributed by atoms with van der Waals surface area (Å²) in [5.41, 5.74) is 1.98. The molecule has 28 heavy (non-hydrogen) atoms. The molecule has 0 spiro atoms. The van der Waals surface area contributed by atoms with Crippen LogP contribution in [0.25, 0.3) is 0 Å². The SMILES string of the molecule is Cc1cc(CC(O)C=C[C@H]2CCCC(=O)N2CCCCCCC(=O)O)ccn1. The van der Waals surface area contributed by atoms with Gasteiger partial charge in [-0.05, 0) is 50.3 Å². The Morgan fingerprint density at radius 3 is 2.89 bits per heavy atom. The number of hydrogen-bond donors (Lipinski definition) is 2. The second-order valence-electron chi connectivity index (χ2n) is 7.57. The van der Waals surface area contributed by atoms with Gasteiger partial charge in [-0.2, -0.15) is 0 Å². The maximum absolute atomic E-state index is 12.3. The summed E-state index contributed by atoms with van der Waals surface area (Å²) in [5, 5.41) is 19.0. The van der Waals surface area contributed by atoms with E-state index in [0.29, 0.717) is 25.8 Å². The number of carbonyl (C=O) groups is 2. The Morgan fingerprint density at radius 1 is 1.36 bits per heavy atom. The van der Waals surface area contributed by atoms with E-state index in [4.69, 9.17) is 5.11 Å². The molecule has 2 N–H and O–H groups in total. The predicted molar refractivity (Wildman–Crippen MR) is 108 cm³/mol. The van der Waals surface area contributed by atoms with Gasteiger partial charge in [-0.15, -0.1) is 0 Å². The first-order valence-corrected chi connectivity index (χ1v) is 10.2. The fourth-order valence-electron chi connectivity index (χ4n) is 3.65. The average molecular weight is 389 g/mol. The highest BCUT2D eigenvalue weighted by Gasteiger charge is 2.25. The highest BCUT2D eigenvalue weighted by molar-refractivity contribution is 5.77. The Bertz CT molecular complexity index is 674. The van der Waals surface area contributed by atoms with Gasteiger partial charge in [0.25, 0.3) is 0 Å². The third kappa shape index (κ3) is 7.80. The van der Waals surface area contributed by atoms with Gasteiger partial charge in [-0.3, -0.25) is 14.6 Å². The van der Waals surface area contributed by atoms with Crippen LogP contribution in [0.2, 0.25) is 0 Å². The maximum Gasteiger partial charge on any atom is 0.303 e. The lowest BCUT2D eigenvalue weighted by molar-refractivity contribution is -0.137. The third-order valence-electron chi connectivity index (χ3n) is 5.11. The summed E-state index contributed by atoms with van der Waals surface area (Å²) in [6, 6.07) is 3.91. The van der Waals surface area contributed by atoms with Gasteiger partial charge < -0.3 is 15.1 Å². The first-order chi connectivity index (χ1) is 13.5. The number of piperidine rings is 1. The van der Waals surface area contributed by atoms with Crippen LogP contribution in [-0.4, -0.2) is 50.7 Å². The van der Waals surface area contributed by atoms with E-state index in [1.807, 2.05) is 30.0 Å². The van der Waals surface area contributed by atoms with Gasteiger partial charge in [0.1, 0.15) is 0 Å². The largest absolute Gasteiger partial charge is 0.481 e. The van der Waals surface area contributed by atoms with Crippen molar-refractivity contribution in [3.05, 3.63) is 41.7 Å². The molecule has 1 aromatic rings. The van der Waals surface area contributed by atoms with Crippen LogP contribution in [0.1, 0.15) is 62.6 Å². The lowest BCUT2D eigenvalue weighted by Gasteiger charge is -2.34. The number of nitrogens with zero attached hydrogens (tertiary/aromatic N) is 2. The van der Waals surface area contributed by atoms with Crippen LogP contribution in [-0.2, 0) is 16.0 Å². The highest BCUT2D eigenvalue weighted by Crippen LogP contribution is 2.21. The Morgan fingerprint density at radius 2 is 2.14 bits per heavy atom. The summed E-state index contributed by atoms with van der Waals surface area (Å²) in [6.07, 6.45) is 11.4. The van der Waals surface area contributed by atoms with Crippen molar-refractivity contribution < 1.29 is 19.8 Å².